The second-order valence-corrected chi connectivity index (χ2v) is 17.7. The van der Waals surface area contributed by atoms with Crippen LogP contribution in [0.1, 0.15) is 232 Å². The molecule has 0 amide bonds. The molecule has 0 aliphatic carbocycles. The Morgan fingerprint density at radius 3 is 1.33 bits per heavy atom. The standard InChI is InChI=1S/C46H88NO10P/c1-3-5-7-9-11-13-15-17-19-20-21-22-24-25-27-29-31-33-35-37-44(48)54-39-42(40-55-58(52,53)56-41-43(47)46(50)51)57-45(49)38-36-34-32-30-28-26-23-18-16-14-12-10-8-6-4-2/h32,34,42-43H,3-31,33,35-41,47H2,1-2H3,(H,50,51)(H,52,53)/b34-32+/t42-,43+/m1/s1. The normalized spacial score (nSPS) is 13.7. The molecule has 0 bridgehead atoms. The summed E-state index contributed by atoms with van der Waals surface area (Å²) < 4.78 is 32.7. The lowest BCUT2D eigenvalue weighted by molar-refractivity contribution is -0.161. The van der Waals surface area contributed by atoms with E-state index in [-0.39, 0.29) is 19.4 Å². The second kappa shape index (κ2) is 41.9. The van der Waals surface area contributed by atoms with Gasteiger partial charge in [-0.05, 0) is 25.7 Å². The van der Waals surface area contributed by atoms with Crippen LogP contribution < -0.4 is 5.73 Å². The van der Waals surface area contributed by atoms with Gasteiger partial charge in [0.15, 0.2) is 6.10 Å². The van der Waals surface area contributed by atoms with Gasteiger partial charge in [-0.1, -0.05) is 206 Å². The third-order valence-corrected chi connectivity index (χ3v) is 11.5. The van der Waals surface area contributed by atoms with E-state index in [1.807, 2.05) is 6.08 Å². The molecular formula is C46H88NO10P. The van der Waals surface area contributed by atoms with Crippen LogP contribution in [-0.4, -0.2) is 59.9 Å². The minimum absolute atomic E-state index is 0.0826. The van der Waals surface area contributed by atoms with Gasteiger partial charge in [0.05, 0.1) is 13.2 Å². The monoisotopic (exact) mass is 846 g/mol. The fourth-order valence-corrected chi connectivity index (χ4v) is 7.57. The van der Waals surface area contributed by atoms with Gasteiger partial charge in [0.2, 0.25) is 0 Å². The van der Waals surface area contributed by atoms with Crippen LogP contribution in [0.3, 0.4) is 0 Å². The molecule has 3 atom stereocenters. The van der Waals surface area contributed by atoms with Gasteiger partial charge in [0.25, 0.3) is 0 Å². The van der Waals surface area contributed by atoms with Crippen molar-refractivity contribution in [3.05, 3.63) is 12.2 Å². The number of allylic oxidation sites excluding steroid dienone is 2. The summed E-state index contributed by atoms with van der Waals surface area (Å²) in [5.74, 6) is -2.42. The molecule has 12 heteroatoms. The molecule has 342 valence electrons. The number of unbranched alkanes of at least 4 members (excludes halogenated alkanes) is 29. The maximum Gasteiger partial charge on any atom is 0.472 e. The number of phosphoric ester groups is 1. The highest BCUT2D eigenvalue weighted by Gasteiger charge is 2.28. The zero-order valence-corrected chi connectivity index (χ0v) is 38.1. The summed E-state index contributed by atoms with van der Waals surface area (Å²) in [6.07, 6.45) is 42.9. The zero-order chi connectivity index (χ0) is 42.8. The van der Waals surface area contributed by atoms with Crippen molar-refractivity contribution in [2.75, 3.05) is 19.8 Å². The minimum atomic E-state index is -4.72. The number of aliphatic carboxylic acids is 1. The smallest absolute Gasteiger partial charge is 0.472 e. The number of carbonyl (C=O) groups is 3. The first-order valence-electron chi connectivity index (χ1n) is 23.7. The van der Waals surface area contributed by atoms with Crippen molar-refractivity contribution in [2.45, 2.75) is 244 Å². The molecule has 0 radical (unpaired) electrons. The van der Waals surface area contributed by atoms with E-state index in [0.29, 0.717) is 12.8 Å². The minimum Gasteiger partial charge on any atom is -0.480 e. The Kier molecular flexibility index (Phi) is 40.6. The maximum atomic E-state index is 12.6. The van der Waals surface area contributed by atoms with Crippen LogP contribution in [0, 0.1) is 0 Å². The molecule has 0 fully saturated rings. The predicted molar refractivity (Wildman–Crippen MR) is 236 cm³/mol. The van der Waals surface area contributed by atoms with Gasteiger partial charge in [-0.25, -0.2) is 4.57 Å². The Morgan fingerprint density at radius 1 is 0.517 bits per heavy atom. The lowest BCUT2D eigenvalue weighted by atomic mass is 10.0. The number of nitrogens with two attached hydrogens (primary N) is 1. The number of hydrogen-bond donors (Lipinski definition) is 3. The van der Waals surface area contributed by atoms with Crippen LogP contribution in [0.5, 0.6) is 0 Å². The van der Waals surface area contributed by atoms with Crippen molar-refractivity contribution in [1.29, 1.82) is 0 Å². The number of esters is 2. The highest BCUT2D eigenvalue weighted by atomic mass is 31.2. The first-order chi connectivity index (χ1) is 28.1. The number of phosphoric acid groups is 1. The lowest BCUT2D eigenvalue weighted by Crippen LogP contribution is -2.34. The topological polar surface area (TPSA) is 172 Å². The van der Waals surface area contributed by atoms with E-state index in [9.17, 15) is 23.8 Å². The molecule has 0 saturated heterocycles. The highest BCUT2D eigenvalue weighted by molar-refractivity contribution is 7.47. The Morgan fingerprint density at radius 2 is 0.897 bits per heavy atom. The summed E-state index contributed by atoms with van der Waals surface area (Å²) in [6, 6.07) is -1.52. The maximum absolute atomic E-state index is 12.6. The third kappa shape index (κ3) is 41.0. The number of rotatable bonds is 45. The van der Waals surface area contributed by atoms with Crippen LogP contribution >= 0.6 is 7.82 Å². The summed E-state index contributed by atoms with van der Waals surface area (Å²) in [6.45, 7) is 2.81. The van der Waals surface area contributed by atoms with Crippen molar-refractivity contribution in [1.82, 2.24) is 0 Å². The Balaban J connectivity index is 4.28. The lowest BCUT2D eigenvalue weighted by Gasteiger charge is -2.20. The molecule has 1 unspecified atom stereocenters. The first kappa shape index (κ1) is 56.2. The van der Waals surface area contributed by atoms with E-state index in [1.54, 1.807) is 0 Å². The van der Waals surface area contributed by atoms with Crippen LogP contribution in [0.2, 0.25) is 0 Å². The van der Waals surface area contributed by atoms with Gasteiger partial charge in [-0.3, -0.25) is 23.4 Å². The SMILES string of the molecule is CCCCCCCCCCCCC/C=C/CCC(=O)O[C@H](COC(=O)CCCCCCCCCCCCCCCCCCCCC)COP(=O)(O)OC[C@H](N)C(=O)O. The molecule has 0 heterocycles. The molecule has 58 heavy (non-hydrogen) atoms. The van der Waals surface area contributed by atoms with Crippen LogP contribution in [-0.2, 0) is 37.5 Å². The van der Waals surface area contributed by atoms with E-state index in [1.165, 1.54) is 161 Å². The zero-order valence-electron chi connectivity index (χ0n) is 37.2. The molecule has 0 aromatic heterocycles. The molecule has 0 saturated carbocycles. The summed E-state index contributed by atoms with van der Waals surface area (Å²) in [7, 11) is -4.72. The molecule has 0 aliphatic heterocycles. The van der Waals surface area contributed by atoms with Crippen molar-refractivity contribution < 1.29 is 47.5 Å². The average Bonchev–Trinajstić information content (AvgIpc) is 3.20. The number of hydrogen-bond acceptors (Lipinski definition) is 9. The highest BCUT2D eigenvalue weighted by Crippen LogP contribution is 2.43. The van der Waals surface area contributed by atoms with Crippen LogP contribution in [0.25, 0.3) is 0 Å². The van der Waals surface area contributed by atoms with E-state index < -0.39 is 51.1 Å². The summed E-state index contributed by atoms with van der Waals surface area (Å²) >= 11 is 0. The number of carbonyl (C=O) groups excluding carboxylic acids is 2. The Hall–Kier alpha value is -1.78. The molecule has 0 aliphatic rings. The van der Waals surface area contributed by atoms with Crippen molar-refractivity contribution in [3.63, 3.8) is 0 Å². The van der Waals surface area contributed by atoms with Crippen molar-refractivity contribution >= 4 is 25.7 Å². The largest absolute Gasteiger partial charge is 0.480 e. The summed E-state index contributed by atoms with van der Waals surface area (Å²) in [4.78, 5) is 46.0. The van der Waals surface area contributed by atoms with Gasteiger partial charge in [0.1, 0.15) is 12.6 Å². The van der Waals surface area contributed by atoms with E-state index in [2.05, 4.69) is 24.4 Å². The fourth-order valence-electron chi connectivity index (χ4n) is 6.79. The fraction of sp³-hybridized carbons (Fsp3) is 0.891. The quantitative estimate of drug-likeness (QED) is 0.0230. The molecule has 0 aromatic rings. The molecular weight excluding hydrogens is 757 g/mol. The number of carboxylic acid groups (broad SMARTS) is 1. The van der Waals surface area contributed by atoms with Crippen molar-refractivity contribution in [3.8, 4) is 0 Å². The number of carboxylic acids is 1. The van der Waals surface area contributed by atoms with Gasteiger partial charge in [0, 0.05) is 12.8 Å². The molecule has 0 rings (SSSR count). The first-order valence-corrected chi connectivity index (χ1v) is 25.2. The summed E-state index contributed by atoms with van der Waals surface area (Å²) in [5.41, 5.74) is 5.34. The third-order valence-electron chi connectivity index (χ3n) is 10.5. The van der Waals surface area contributed by atoms with Crippen LogP contribution in [0.4, 0.5) is 0 Å². The van der Waals surface area contributed by atoms with Gasteiger partial charge < -0.3 is 25.2 Å². The molecule has 4 N–H and O–H groups in total. The number of ether oxygens (including phenoxy) is 2. The average molecular weight is 846 g/mol. The predicted octanol–water partition coefficient (Wildman–Crippen LogP) is 12.8. The van der Waals surface area contributed by atoms with Gasteiger partial charge in [-0.15, -0.1) is 0 Å². The van der Waals surface area contributed by atoms with E-state index in [0.717, 1.165) is 32.1 Å². The molecule has 0 aromatic carbocycles. The van der Waals surface area contributed by atoms with Gasteiger partial charge in [-0.2, -0.15) is 0 Å². The second-order valence-electron chi connectivity index (χ2n) is 16.2. The Labute approximate surface area is 354 Å². The summed E-state index contributed by atoms with van der Waals surface area (Å²) in [5, 5.41) is 8.90. The van der Waals surface area contributed by atoms with Crippen LogP contribution in [0.15, 0.2) is 12.2 Å². The van der Waals surface area contributed by atoms with Crippen molar-refractivity contribution in [2.24, 2.45) is 5.73 Å². The van der Waals surface area contributed by atoms with Gasteiger partial charge >= 0.3 is 25.7 Å². The Bertz CT molecular complexity index is 1040. The van der Waals surface area contributed by atoms with E-state index in [4.69, 9.17) is 24.8 Å². The van der Waals surface area contributed by atoms with E-state index >= 15 is 0 Å². The molecule has 11 nitrogen and oxygen atoms in total. The molecule has 0 spiro atoms.